The second kappa shape index (κ2) is 7.30. The van der Waals surface area contributed by atoms with Crippen molar-refractivity contribution >= 4 is 11.7 Å². The van der Waals surface area contributed by atoms with Gasteiger partial charge >= 0.3 is 0 Å². The van der Waals surface area contributed by atoms with E-state index >= 15 is 0 Å². The van der Waals surface area contributed by atoms with Crippen molar-refractivity contribution < 1.29 is 4.79 Å². The average molecular weight is 307 g/mol. The zero-order valence-corrected chi connectivity index (χ0v) is 15.4. The second-order valence-electron chi connectivity index (χ2n) is 7.40. The largest absolute Gasteiger partial charge is 0.343 e. The molecule has 0 aromatic rings. The molecular formula is C18H33N3O. The van der Waals surface area contributed by atoms with E-state index in [0.29, 0.717) is 24.2 Å². The van der Waals surface area contributed by atoms with Crippen molar-refractivity contribution in [3.63, 3.8) is 0 Å². The SMILES string of the molecule is C=C(C(C)C)C(CCC(C)C)N1C(=O)C(=NCC)NC1(C)C. The fourth-order valence-electron chi connectivity index (χ4n) is 2.92. The average Bonchev–Trinajstić information content (AvgIpc) is 2.61. The Hall–Kier alpha value is -1.32. The van der Waals surface area contributed by atoms with Gasteiger partial charge in [-0.2, -0.15) is 0 Å². The smallest absolute Gasteiger partial charge is 0.291 e. The Morgan fingerprint density at radius 3 is 2.32 bits per heavy atom. The molecular weight excluding hydrogens is 274 g/mol. The lowest BCUT2D eigenvalue weighted by atomic mass is 9.89. The van der Waals surface area contributed by atoms with Crippen molar-refractivity contribution in [3.8, 4) is 0 Å². The molecule has 0 aromatic carbocycles. The summed E-state index contributed by atoms with van der Waals surface area (Å²) in [6.07, 6.45) is 2.03. The molecule has 1 heterocycles. The van der Waals surface area contributed by atoms with Gasteiger partial charge in [0.25, 0.3) is 5.91 Å². The predicted molar refractivity (Wildman–Crippen MR) is 93.9 cm³/mol. The summed E-state index contributed by atoms with van der Waals surface area (Å²) in [5.41, 5.74) is 0.700. The maximum absolute atomic E-state index is 12.8. The molecule has 4 heteroatoms. The molecule has 1 rings (SSSR count). The van der Waals surface area contributed by atoms with Gasteiger partial charge in [-0.3, -0.25) is 9.79 Å². The van der Waals surface area contributed by atoms with Crippen LogP contribution in [0.25, 0.3) is 0 Å². The maximum Gasteiger partial charge on any atom is 0.291 e. The standard InChI is InChI=1S/C18H33N3O/c1-9-19-16-17(22)21(18(7,8)20-16)15(11-10-12(2)3)14(6)13(4)5/h12-13,15H,6,9-11H2,1-5,7-8H3,(H,19,20). The Kier molecular flexibility index (Phi) is 6.21. The van der Waals surface area contributed by atoms with Crippen molar-refractivity contribution in [1.29, 1.82) is 0 Å². The molecule has 1 unspecified atom stereocenters. The third-order valence-corrected chi connectivity index (χ3v) is 4.26. The van der Waals surface area contributed by atoms with Gasteiger partial charge in [0.2, 0.25) is 0 Å². The van der Waals surface area contributed by atoms with Gasteiger partial charge in [0.15, 0.2) is 5.84 Å². The van der Waals surface area contributed by atoms with Gasteiger partial charge in [0, 0.05) is 6.54 Å². The van der Waals surface area contributed by atoms with Gasteiger partial charge in [-0.1, -0.05) is 39.8 Å². The molecule has 1 amide bonds. The van der Waals surface area contributed by atoms with Crippen LogP contribution in [-0.2, 0) is 4.79 Å². The highest BCUT2D eigenvalue weighted by Crippen LogP contribution is 2.31. The molecule has 0 saturated carbocycles. The Morgan fingerprint density at radius 1 is 1.27 bits per heavy atom. The van der Waals surface area contributed by atoms with Crippen LogP contribution in [0.3, 0.4) is 0 Å². The third kappa shape index (κ3) is 4.11. The van der Waals surface area contributed by atoms with Crippen LogP contribution in [0.5, 0.6) is 0 Å². The molecule has 22 heavy (non-hydrogen) atoms. The van der Waals surface area contributed by atoms with Crippen molar-refractivity contribution in [2.75, 3.05) is 6.54 Å². The number of hydrogen-bond acceptors (Lipinski definition) is 2. The summed E-state index contributed by atoms with van der Waals surface area (Å²) in [6, 6.07) is 0.0574. The van der Waals surface area contributed by atoms with E-state index in [2.05, 4.69) is 44.6 Å². The lowest BCUT2D eigenvalue weighted by Gasteiger charge is -2.39. The van der Waals surface area contributed by atoms with E-state index < -0.39 is 5.66 Å². The molecule has 1 aliphatic rings. The van der Waals surface area contributed by atoms with Crippen LogP contribution < -0.4 is 5.32 Å². The first kappa shape index (κ1) is 18.7. The van der Waals surface area contributed by atoms with Crippen LogP contribution in [0.15, 0.2) is 17.1 Å². The Bertz CT molecular complexity index is 449. The topological polar surface area (TPSA) is 44.7 Å². The minimum absolute atomic E-state index is 0.00223. The number of nitrogens with one attached hydrogen (secondary N) is 1. The lowest BCUT2D eigenvalue weighted by Crippen LogP contribution is -2.53. The van der Waals surface area contributed by atoms with Crippen LogP contribution in [0.4, 0.5) is 0 Å². The molecule has 1 saturated heterocycles. The third-order valence-electron chi connectivity index (χ3n) is 4.26. The molecule has 0 aliphatic carbocycles. The number of amidine groups is 1. The van der Waals surface area contributed by atoms with E-state index in [1.807, 2.05) is 25.7 Å². The van der Waals surface area contributed by atoms with Gasteiger partial charge in [-0.25, -0.2) is 0 Å². The van der Waals surface area contributed by atoms with Gasteiger partial charge in [-0.05, 0) is 45.4 Å². The number of nitrogens with zero attached hydrogens (tertiary/aromatic N) is 2. The molecule has 1 aliphatic heterocycles. The van der Waals surface area contributed by atoms with Gasteiger partial charge in [-0.15, -0.1) is 0 Å². The quantitative estimate of drug-likeness (QED) is 0.731. The number of carbonyl (C=O) groups excluding carboxylic acids is 1. The summed E-state index contributed by atoms with van der Waals surface area (Å²) >= 11 is 0. The maximum atomic E-state index is 12.8. The summed E-state index contributed by atoms with van der Waals surface area (Å²) in [5.74, 6) is 1.45. The van der Waals surface area contributed by atoms with E-state index in [1.54, 1.807) is 0 Å². The van der Waals surface area contributed by atoms with Gasteiger partial charge < -0.3 is 10.2 Å². The predicted octanol–water partition coefficient (Wildman–Crippen LogP) is 3.59. The first-order valence-corrected chi connectivity index (χ1v) is 8.46. The molecule has 1 N–H and O–H groups in total. The minimum Gasteiger partial charge on any atom is -0.343 e. The Labute approximate surface area is 136 Å². The van der Waals surface area contributed by atoms with Crippen LogP contribution >= 0.6 is 0 Å². The molecule has 0 bridgehead atoms. The zero-order chi connectivity index (χ0) is 17.1. The molecule has 1 atom stereocenters. The second-order valence-corrected chi connectivity index (χ2v) is 7.40. The van der Waals surface area contributed by atoms with E-state index in [1.165, 1.54) is 0 Å². The summed E-state index contributed by atoms with van der Waals surface area (Å²) in [7, 11) is 0. The van der Waals surface area contributed by atoms with Crippen molar-refractivity contribution in [1.82, 2.24) is 10.2 Å². The van der Waals surface area contributed by atoms with E-state index in [9.17, 15) is 4.79 Å². The molecule has 0 radical (unpaired) electrons. The molecule has 0 spiro atoms. The van der Waals surface area contributed by atoms with Crippen molar-refractivity contribution in [2.45, 2.75) is 73.0 Å². The fraction of sp³-hybridized carbons (Fsp3) is 0.778. The highest BCUT2D eigenvalue weighted by atomic mass is 16.2. The number of hydrogen-bond donors (Lipinski definition) is 1. The number of aliphatic imine (C=N–C) groups is 1. The summed E-state index contributed by atoms with van der Waals surface area (Å²) in [4.78, 5) is 19.1. The monoisotopic (exact) mass is 307 g/mol. The molecule has 1 fully saturated rings. The zero-order valence-electron chi connectivity index (χ0n) is 15.4. The highest BCUT2D eigenvalue weighted by Gasteiger charge is 2.46. The number of carbonyl (C=O) groups is 1. The Balaban J connectivity index is 3.13. The van der Waals surface area contributed by atoms with E-state index in [0.717, 1.165) is 18.4 Å². The van der Waals surface area contributed by atoms with E-state index in [-0.39, 0.29) is 11.9 Å². The summed E-state index contributed by atoms with van der Waals surface area (Å²) < 4.78 is 0. The highest BCUT2D eigenvalue weighted by molar-refractivity contribution is 6.40. The fourth-order valence-corrected chi connectivity index (χ4v) is 2.92. The normalized spacial score (nSPS) is 20.9. The molecule has 0 aromatic heterocycles. The molecule has 126 valence electrons. The van der Waals surface area contributed by atoms with Gasteiger partial charge in [0.1, 0.15) is 5.66 Å². The number of amides is 1. The molecule has 4 nitrogen and oxygen atoms in total. The summed E-state index contributed by atoms with van der Waals surface area (Å²) in [5, 5.41) is 3.28. The van der Waals surface area contributed by atoms with E-state index in [4.69, 9.17) is 0 Å². The summed E-state index contributed by atoms with van der Waals surface area (Å²) in [6.45, 7) is 19.6. The lowest BCUT2D eigenvalue weighted by molar-refractivity contribution is -0.128. The first-order valence-electron chi connectivity index (χ1n) is 8.46. The van der Waals surface area contributed by atoms with Crippen molar-refractivity contribution in [2.24, 2.45) is 16.8 Å². The van der Waals surface area contributed by atoms with Crippen molar-refractivity contribution in [3.05, 3.63) is 12.2 Å². The van der Waals surface area contributed by atoms with Crippen LogP contribution in [0.2, 0.25) is 0 Å². The van der Waals surface area contributed by atoms with Crippen LogP contribution in [-0.4, -0.2) is 34.9 Å². The van der Waals surface area contributed by atoms with Crippen LogP contribution in [0.1, 0.15) is 61.3 Å². The van der Waals surface area contributed by atoms with Crippen LogP contribution in [0, 0.1) is 11.8 Å². The van der Waals surface area contributed by atoms with Gasteiger partial charge in [0.05, 0.1) is 6.04 Å². The first-order chi connectivity index (χ1) is 10.1. The Morgan fingerprint density at radius 2 is 1.86 bits per heavy atom. The minimum atomic E-state index is -0.426. The number of rotatable bonds is 7.